The van der Waals surface area contributed by atoms with Gasteiger partial charge in [-0.1, -0.05) is 0 Å². The lowest BCUT2D eigenvalue weighted by atomic mass is 10.3. The van der Waals surface area contributed by atoms with Crippen LogP contribution in [-0.4, -0.2) is 5.11 Å². The fourth-order valence-corrected chi connectivity index (χ4v) is 1.45. The Bertz CT molecular complexity index is 316. The smallest absolute Gasteiger partial charge is 0.168 e. The van der Waals surface area contributed by atoms with Gasteiger partial charge in [-0.05, 0) is 53.0 Å². The Morgan fingerprint density at radius 3 is 2.75 bits per heavy atom. The SMILES string of the molecule is NC(=S)Nc1ccc(F)cc1I. The van der Waals surface area contributed by atoms with Gasteiger partial charge in [0.05, 0.1) is 5.69 Å². The van der Waals surface area contributed by atoms with E-state index in [-0.39, 0.29) is 10.9 Å². The first-order chi connectivity index (χ1) is 5.59. The Balaban J connectivity index is 2.93. The topological polar surface area (TPSA) is 38.0 Å². The number of halogens is 2. The summed E-state index contributed by atoms with van der Waals surface area (Å²) in [6, 6.07) is 4.35. The minimum Gasteiger partial charge on any atom is -0.376 e. The van der Waals surface area contributed by atoms with E-state index in [2.05, 4.69) is 17.5 Å². The first-order valence-corrected chi connectivity index (χ1v) is 4.60. The van der Waals surface area contributed by atoms with E-state index in [4.69, 9.17) is 5.73 Å². The molecule has 1 aromatic carbocycles. The highest BCUT2D eigenvalue weighted by Crippen LogP contribution is 2.18. The molecule has 0 atom stereocenters. The van der Waals surface area contributed by atoms with Crippen molar-refractivity contribution in [1.29, 1.82) is 0 Å². The molecule has 5 heteroatoms. The van der Waals surface area contributed by atoms with Crippen LogP contribution in [-0.2, 0) is 0 Å². The zero-order chi connectivity index (χ0) is 9.14. The van der Waals surface area contributed by atoms with Gasteiger partial charge in [-0.25, -0.2) is 4.39 Å². The maximum absolute atomic E-state index is 12.6. The van der Waals surface area contributed by atoms with Crippen LogP contribution in [0.15, 0.2) is 18.2 Å². The summed E-state index contributed by atoms with van der Waals surface area (Å²) in [5.74, 6) is -0.270. The summed E-state index contributed by atoms with van der Waals surface area (Å²) < 4.78 is 13.3. The first kappa shape index (κ1) is 9.66. The third-order valence-electron chi connectivity index (χ3n) is 1.19. The summed E-state index contributed by atoms with van der Waals surface area (Å²) in [5, 5.41) is 2.92. The van der Waals surface area contributed by atoms with Crippen molar-refractivity contribution in [3.05, 3.63) is 27.6 Å². The molecule has 64 valence electrons. The van der Waals surface area contributed by atoms with Crippen LogP contribution in [0.1, 0.15) is 0 Å². The van der Waals surface area contributed by atoms with Crippen molar-refractivity contribution in [1.82, 2.24) is 0 Å². The molecule has 1 aromatic rings. The largest absolute Gasteiger partial charge is 0.376 e. The minimum atomic E-state index is -0.270. The molecule has 0 fully saturated rings. The zero-order valence-electron chi connectivity index (χ0n) is 5.97. The van der Waals surface area contributed by atoms with Gasteiger partial charge in [0.15, 0.2) is 5.11 Å². The molecule has 0 heterocycles. The van der Waals surface area contributed by atoms with Gasteiger partial charge in [0.2, 0.25) is 0 Å². The number of hydrogen-bond acceptors (Lipinski definition) is 1. The molecule has 0 radical (unpaired) electrons. The second-order valence-electron chi connectivity index (χ2n) is 2.11. The number of nitrogens with one attached hydrogen (secondary N) is 1. The number of anilines is 1. The molecule has 1 rings (SSSR count). The van der Waals surface area contributed by atoms with E-state index < -0.39 is 0 Å². The van der Waals surface area contributed by atoms with Crippen LogP contribution in [0.4, 0.5) is 10.1 Å². The van der Waals surface area contributed by atoms with E-state index in [0.717, 1.165) is 9.26 Å². The van der Waals surface area contributed by atoms with Crippen LogP contribution in [0.3, 0.4) is 0 Å². The van der Waals surface area contributed by atoms with E-state index in [0.29, 0.717) is 0 Å². The third kappa shape index (κ3) is 2.56. The van der Waals surface area contributed by atoms with Gasteiger partial charge < -0.3 is 11.1 Å². The minimum absolute atomic E-state index is 0.180. The first-order valence-electron chi connectivity index (χ1n) is 3.11. The molecule has 0 saturated heterocycles. The third-order valence-corrected chi connectivity index (χ3v) is 2.18. The highest BCUT2D eigenvalue weighted by Gasteiger charge is 2.00. The molecule has 0 aliphatic carbocycles. The standard InChI is InChI=1S/C7H6FIN2S/c8-4-1-2-6(5(9)3-4)11-7(10)12/h1-3H,(H3,10,11,12). The predicted octanol–water partition coefficient (Wildman–Crippen LogP) is 2.09. The number of hydrogen-bond donors (Lipinski definition) is 2. The Morgan fingerprint density at radius 1 is 1.58 bits per heavy atom. The normalized spacial score (nSPS) is 9.50. The van der Waals surface area contributed by atoms with E-state index in [1.54, 1.807) is 6.07 Å². The molecule has 0 aliphatic heterocycles. The number of nitrogens with two attached hydrogens (primary N) is 1. The lowest BCUT2D eigenvalue weighted by Crippen LogP contribution is -2.19. The van der Waals surface area contributed by atoms with Gasteiger partial charge >= 0.3 is 0 Å². The van der Waals surface area contributed by atoms with E-state index in [1.165, 1.54) is 12.1 Å². The molecule has 0 aliphatic rings. The van der Waals surface area contributed by atoms with E-state index in [9.17, 15) is 4.39 Å². The number of thiocarbonyl (C=S) groups is 1. The molecule has 0 amide bonds. The average Bonchev–Trinajstić information content (AvgIpc) is 1.94. The van der Waals surface area contributed by atoms with Crippen LogP contribution in [0, 0.1) is 9.39 Å². The summed E-state index contributed by atoms with van der Waals surface area (Å²) in [7, 11) is 0. The lowest BCUT2D eigenvalue weighted by Gasteiger charge is -2.05. The molecule has 2 nitrogen and oxygen atoms in total. The monoisotopic (exact) mass is 296 g/mol. The number of benzene rings is 1. The highest BCUT2D eigenvalue weighted by atomic mass is 127. The van der Waals surface area contributed by atoms with Crippen molar-refractivity contribution < 1.29 is 4.39 Å². The van der Waals surface area contributed by atoms with E-state index in [1.807, 2.05) is 22.6 Å². The molecule has 12 heavy (non-hydrogen) atoms. The van der Waals surface area contributed by atoms with Crippen molar-refractivity contribution >= 4 is 45.6 Å². The maximum atomic E-state index is 12.6. The summed E-state index contributed by atoms with van der Waals surface area (Å²) in [6.45, 7) is 0. The van der Waals surface area contributed by atoms with Crippen LogP contribution in [0.25, 0.3) is 0 Å². The Hall–Kier alpha value is -0.430. The van der Waals surface area contributed by atoms with Gasteiger partial charge in [-0.15, -0.1) is 0 Å². The lowest BCUT2D eigenvalue weighted by molar-refractivity contribution is 0.627. The zero-order valence-corrected chi connectivity index (χ0v) is 8.95. The predicted molar refractivity (Wildman–Crippen MR) is 59.5 cm³/mol. The van der Waals surface area contributed by atoms with Gasteiger partial charge in [-0.3, -0.25) is 0 Å². The average molecular weight is 296 g/mol. The van der Waals surface area contributed by atoms with Gasteiger partial charge in [0.25, 0.3) is 0 Å². The van der Waals surface area contributed by atoms with Crippen LogP contribution in [0.5, 0.6) is 0 Å². The molecule has 0 unspecified atom stereocenters. The van der Waals surface area contributed by atoms with Gasteiger partial charge in [0, 0.05) is 3.57 Å². The van der Waals surface area contributed by atoms with Crippen LogP contribution >= 0.6 is 34.8 Å². The van der Waals surface area contributed by atoms with Gasteiger partial charge in [0.1, 0.15) is 5.82 Å². The molecule has 0 saturated carbocycles. The Morgan fingerprint density at radius 2 is 2.25 bits per heavy atom. The molecule has 3 N–H and O–H groups in total. The molecule has 0 spiro atoms. The van der Waals surface area contributed by atoms with Crippen LogP contribution in [0.2, 0.25) is 0 Å². The molecular weight excluding hydrogens is 290 g/mol. The Kier molecular flexibility index (Phi) is 3.21. The maximum Gasteiger partial charge on any atom is 0.168 e. The summed E-state index contributed by atoms with van der Waals surface area (Å²) in [5.41, 5.74) is 5.98. The summed E-state index contributed by atoms with van der Waals surface area (Å²) in [4.78, 5) is 0. The Labute approximate surface area is 88.5 Å². The molecular formula is C7H6FIN2S. The summed E-state index contributed by atoms with van der Waals surface area (Å²) in [6.07, 6.45) is 0. The van der Waals surface area contributed by atoms with Crippen molar-refractivity contribution in [2.45, 2.75) is 0 Å². The van der Waals surface area contributed by atoms with Crippen molar-refractivity contribution in [3.63, 3.8) is 0 Å². The van der Waals surface area contributed by atoms with Crippen molar-refractivity contribution in [2.75, 3.05) is 5.32 Å². The fourth-order valence-electron chi connectivity index (χ4n) is 0.724. The van der Waals surface area contributed by atoms with Crippen molar-refractivity contribution in [2.24, 2.45) is 5.73 Å². The second-order valence-corrected chi connectivity index (χ2v) is 3.72. The fraction of sp³-hybridized carbons (Fsp3) is 0. The van der Waals surface area contributed by atoms with Gasteiger partial charge in [-0.2, -0.15) is 0 Å². The molecule has 0 aromatic heterocycles. The van der Waals surface area contributed by atoms with Crippen molar-refractivity contribution in [3.8, 4) is 0 Å². The molecule has 0 bridgehead atoms. The van der Waals surface area contributed by atoms with Crippen LogP contribution < -0.4 is 11.1 Å². The number of rotatable bonds is 1. The van der Waals surface area contributed by atoms with E-state index >= 15 is 0 Å². The summed E-state index contributed by atoms with van der Waals surface area (Å²) >= 11 is 6.64. The highest BCUT2D eigenvalue weighted by molar-refractivity contribution is 14.1. The second kappa shape index (κ2) is 3.99. The quantitative estimate of drug-likeness (QED) is 0.615.